The predicted octanol–water partition coefficient (Wildman–Crippen LogP) is 0.962. The van der Waals surface area contributed by atoms with E-state index >= 15 is 0 Å². The molecule has 70 valence electrons. The van der Waals surface area contributed by atoms with Crippen LogP contribution in [0.2, 0.25) is 0 Å². The Morgan fingerprint density at radius 3 is 2.54 bits per heavy atom. The van der Waals surface area contributed by atoms with Crippen LogP contribution in [0.25, 0.3) is 0 Å². The molecule has 0 spiro atoms. The zero-order valence-electron chi connectivity index (χ0n) is 7.44. The second kappa shape index (κ2) is 5.35. The lowest BCUT2D eigenvalue weighted by Gasteiger charge is -2.01. The van der Waals surface area contributed by atoms with Gasteiger partial charge in [0.15, 0.2) is 0 Å². The summed E-state index contributed by atoms with van der Waals surface area (Å²) in [6.07, 6.45) is 2.68. The van der Waals surface area contributed by atoms with Gasteiger partial charge in [0.05, 0.1) is 6.54 Å². The van der Waals surface area contributed by atoms with Gasteiger partial charge in [-0.2, -0.15) is 5.90 Å². The molecular formula is C10H14N2O. The van der Waals surface area contributed by atoms with E-state index in [9.17, 15) is 0 Å². The minimum absolute atomic E-state index is 0.337. The monoisotopic (exact) mass is 178 g/mol. The Hall–Kier alpha value is -1.32. The first-order valence-corrected chi connectivity index (χ1v) is 4.16. The van der Waals surface area contributed by atoms with Gasteiger partial charge in [-0.15, -0.1) is 0 Å². The summed E-state index contributed by atoms with van der Waals surface area (Å²) in [6.45, 7) is 0.337. The van der Waals surface area contributed by atoms with Gasteiger partial charge >= 0.3 is 0 Å². The van der Waals surface area contributed by atoms with Crippen LogP contribution in [0.3, 0.4) is 0 Å². The van der Waals surface area contributed by atoms with Crippen LogP contribution in [0.5, 0.6) is 0 Å². The third-order valence-corrected chi connectivity index (χ3v) is 1.76. The summed E-state index contributed by atoms with van der Waals surface area (Å²) in [5, 5.41) is 0. The highest BCUT2D eigenvalue weighted by Crippen LogP contribution is 2.02. The molecule has 0 aliphatic rings. The third kappa shape index (κ3) is 3.27. The first-order valence-electron chi connectivity index (χ1n) is 4.16. The second-order valence-electron chi connectivity index (χ2n) is 2.68. The molecule has 1 rings (SSSR count). The van der Waals surface area contributed by atoms with Crippen molar-refractivity contribution in [2.75, 3.05) is 6.54 Å². The Morgan fingerprint density at radius 1 is 1.31 bits per heavy atom. The Labute approximate surface area is 77.9 Å². The highest BCUT2D eigenvalue weighted by Gasteiger charge is 1.92. The fourth-order valence-corrected chi connectivity index (χ4v) is 1.03. The van der Waals surface area contributed by atoms with Crippen LogP contribution in [0, 0.1) is 0 Å². The minimum atomic E-state index is 0.337. The molecule has 0 bridgehead atoms. The summed E-state index contributed by atoms with van der Waals surface area (Å²) in [5.41, 5.74) is 6.59. The average Bonchev–Trinajstić information content (AvgIpc) is 2.21. The zero-order chi connectivity index (χ0) is 9.52. The van der Waals surface area contributed by atoms with Crippen molar-refractivity contribution < 1.29 is 4.84 Å². The van der Waals surface area contributed by atoms with Gasteiger partial charge in [0.1, 0.15) is 5.76 Å². The maximum atomic E-state index is 5.37. The van der Waals surface area contributed by atoms with Gasteiger partial charge in [-0.3, -0.25) is 0 Å². The van der Waals surface area contributed by atoms with E-state index in [1.54, 1.807) is 0 Å². The van der Waals surface area contributed by atoms with E-state index in [2.05, 4.69) is 4.84 Å². The Balaban J connectivity index is 2.55. The first-order chi connectivity index (χ1) is 6.36. The molecule has 3 heteroatoms. The standard InChI is InChI=1S/C10H14N2O/c11-8-10(13-12)7-6-9-4-2-1-3-5-9/h1-5,7H,6,8,11-12H2/b10-7-. The normalized spacial score (nSPS) is 11.4. The molecular weight excluding hydrogens is 164 g/mol. The Morgan fingerprint density at radius 2 is 2.00 bits per heavy atom. The number of hydrogen-bond acceptors (Lipinski definition) is 3. The number of benzene rings is 1. The molecule has 0 amide bonds. The lowest BCUT2D eigenvalue weighted by Crippen LogP contribution is -2.10. The average molecular weight is 178 g/mol. The van der Waals surface area contributed by atoms with Crippen LogP contribution in [0.4, 0.5) is 0 Å². The predicted molar refractivity (Wildman–Crippen MR) is 52.6 cm³/mol. The minimum Gasteiger partial charge on any atom is -0.415 e. The van der Waals surface area contributed by atoms with Crippen molar-refractivity contribution in [2.24, 2.45) is 11.6 Å². The van der Waals surface area contributed by atoms with E-state index in [4.69, 9.17) is 11.6 Å². The van der Waals surface area contributed by atoms with Gasteiger partial charge in [-0.25, -0.2) is 0 Å². The SMILES string of the molecule is NC/C(=C/Cc1ccccc1)ON. The number of allylic oxidation sites excluding steroid dienone is 1. The topological polar surface area (TPSA) is 61.3 Å². The van der Waals surface area contributed by atoms with Crippen LogP contribution in [0.1, 0.15) is 5.56 Å². The van der Waals surface area contributed by atoms with Crippen LogP contribution < -0.4 is 11.6 Å². The number of hydrogen-bond donors (Lipinski definition) is 2. The quantitative estimate of drug-likeness (QED) is 0.533. The molecule has 0 heterocycles. The maximum Gasteiger partial charge on any atom is 0.133 e. The smallest absolute Gasteiger partial charge is 0.133 e. The molecule has 3 nitrogen and oxygen atoms in total. The Bertz CT molecular complexity index is 264. The van der Waals surface area contributed by atoms with Gasteiger partial charge in [-0.1, -0.05) is 30.3 Å². The van der Waals surface area contributed by atoms with Crippen molar-refractivity contribution in [3.05, 3.63) is 47.7 Å². The van der Waals surface area contributed by atoms with Gasteiger partial charge in [-0.05, 0) is 18.1 Å². The van der Waals surface area contributed by atoms with Crippen molar-refractivity contribution in [1.82, 2.24) is 0 Å². The van der Waals surface area contributed by atoms with Gasteiger partial charge < -0.3 is 10.6 Å². The first kappa shape index (κ1) is 9.77. The molecule has 0 saturated heterocycles. The summed E-state index contributed by atoms with van der Waals surface area (Å²) in [6, 6.07) is 10.1. The fraction of sp³-hybridized carbons (Fsp3) is 0.200. The number of nitrogens with two attached hydrogens (primary N) is 2. The van der Waals surface area contributed by atoms with E-state index in [-0.39, 0.29) is 0 Å². The van der Waals surface area contributed by atoms with Crippen molar-refractivity contribution in [3.63, 3.8) is 0 Å². The van der Waals surface area contributed by atoms with Crippen molar-refractivity contribution in [2.45, 2.75) is 6.42 Å². The third-order valence-electron chi connectivity index (χ3n) is 1.76. The molecule has 0 atom stereocenters. The van der Waals surface area contributed by atoms with E-state index in [0.29, 0.717) is 12.3 Å². The zero-order valence-corrected chi connectivity index (χ0v) is 7.44. The van der Waals surface area contributed by atoms with Crippen LogP contribution >= 0.6 is 0 Å². The number of rotatable bonds is 4. The lowest BCUT2D eigenvalue weighted by atomic mass is 10.1. The van der Waals surface area contributed by atoms with E-state index in [1.165, 1.54) is 5.56 Å². The summed E-state index contributed by atoms with van der Waals surface area (Å²) >= 11 is 0. The van der Waals surface area contributed by atoms with Gasteiger partial charge in [0.25, 0.3) is 0 Å². The molecule has 1 aromatic carbocycles. The summed E-state index contributed by atoms with van der Waals surface area (Å²) < 4.78 is 0. The molecule has 0 fully saturated rings. The van der Waals surface area contributed by atoms with E-state index in [1.807, 2.05) is 36.4 Å². The summed E-state index contributed by atoms with van der Waals surface area (Å²) in [4.78, 5) is 4.56. The molecule has 0 saturated carbocycles. The molecule has 0 aliphatic carbocycles. The van der Waals surface area contributed by atoms with Gasteiger partial charge in [0, 0.05) is 0 Å². The van der Waals surface area contributed by atoms with E-state index < -0.39 is 0 Å². The molecule has 0 aromatic heterocycles. The lowest BCUT2D eigenvalue weighted by molar-refractivity contribution is 0.216. The molecule has 13 heavy (non-hydrogen) atoms. The highest BCUT2D eigenvalue weighted by molar-refractivity contribution is 5.18. The molecule has 1 aromatic rings. The summed E-state index contributed by atoms with van der Waals surface area (Å²) in [5.74, 6) is 5.61. The second-order valence-corrected chi connectivity index (χ2v) is 2.68. The molecule has 0 aliphatic heterocycles. The highest BCUT2D eigenvalue weighted by atomic mass is 16.6. The maximum absolute atomic E-state index is 5.37. The van der Waals surface area contributed by atoms with Crippen LogP contribution in [0.15, 0.2) is 42.2 Å². The van der Waals surface area contributed by atoms with Crippen LogP contribution in [-0.4, -0.2) is 6.54 Å². The van der Waals surface area contributed by atoms with Gasteiger partial charge in [0.2, 0.25) is 0 Å². The fourth-order valence-electron chi connectivity index (χ4n) is 1.03. The molecule has 4 N–H and O–H groups in total. The molecule has 0 unspecified atom stereocenters. The van der Waals surface area contributed by atoms with Crippen LogP contribution in [-0.2, 0) is 11.3 Å². The van der Waals surface area contributed by atoms with Crippen molar-refractivity contribution in [1.29, 1.82) is 0 Å². The van der Waals surface area contributed by atoms with E-state index in [0.717, 1.165) is 6.42 Å². The van der Waals surface area contributed by atoms with Crippen molar-refractivity contribution in [3.8, 4) is 0 Å². The Kier molecular flexibility index (Phi) is 4.02. The van der Waals surface area contributed by atoms with Crippen molar-refractivity contribution >= 4 is 0 Å². The molecule has 0 radical (unpaired) electrons. The largest absolute Gasteiger partial charge is 0.415 e. The summed E-state index contributed by atoms with van der Waals surface area (Å²) in [7, 11) is 0.